The summed E-state index contributed by atoms with van der Waals surface area (Å²) in [5.41, 5.74) is 3.58. The molecule has 0 aliphatic carbocycles. The lowest BCUT2D eigenvalue weighted by molar-refractivity contribution is -0.138. The normalized spacial score (nSPS) is 21.7. The van der Waals surface area contributed by atoms with Gasteiger partial charge in [0.05, 0.1) is 35.7 Å². The van der Waals surface area contributed by atoms with Crippen molar-refractivity contribution >= 4 is 45.4 Å². The van der Waals surface area contributed by atoms with Crippen LogP contribution in [0.25, 0.3) is 33.2 Å². The molecule has 314 valence electrons. The van der Waals surface area contributed by atoms with Gasteiger partial charge in [0.15, 0.2) is 0 Å². The number of benzene rings is 2. The molecule has 4 amide bonds. The van der Waals surface area contributed by atoms with Gasteiger partial charge in [-0.1, -0.05) is 13.8 Å². The predicted octanol–water partition coefficient (Wildman–Crippen LogP) is 2.61. The second-order valence-corrected chi connectivity index (χ2v) is 15.8. The molecule has 8 N–H and O–H groups in total. The van der Waals surface area contributed by atoms with Crippen LogP contribution in [0.3, 0.4) is 0 Å². The number of H-pyrrole nitrogens is 2. The highest BCUT2D eigenvalue weighted by Crippen LogP contribution is 2.40. The first-order chi connectivity index (χ1) is 27.7. The van der Waals surface area contributed by atoms with E-state index in [9.17, 15) is 38.2 Å². The highest BCUT2D eigenvalue weighted by molar-refractivity contribution is 5.97. The molecule has 2 aliphatic heterocycles. The molecule has 6 rings (SSSR count). The summed E-state index contributed by atoms with van der Waals surface area (Å²) in [6, 6.07) is 5.13. The number of aromatic nitrogens is 2. The molecule has 4 aromatic rings. The first-order valence-electron chi connectivity index (χ1n) is 20.2. The average Bonchev–Trinajstić information content (AvgIpc) is 3.96. The van der Waals surface area contributed by atoms with E-state index in [2.05, 4.69) is 31.2 Å². The Hall–Kier alpha value is -4.90. The smallest absolute Gasteiger partial charge is 0.245 e. The first kappa shape index (κ1) is 42.7. The fraction of sp³-hybridized carbons (Fsp3) is 0.524. The van der Waals surface area contributed by atoms with Crippen LogP contribution in [0.2, 0.25) is 0 Å². The second kappa shape index (κ2) is 17.9. The Morgan fingerprint density at radius 1 is 0.707 bits per heavy atom. The summed E-state index contributed by atoms with van der Waals surface area (Å²) < 4.78 is 29.6. The van der Waals surface area contributed by atoms with Crippen molar-refractivity contribution in [3.05, 3.63) is 59.2 Å². The van der Waals surface area contributed by atoms with Crippen molar-refractivity contribution in [2.24, 2.45) is 0 Å². The van der Waals surface area contributed by atoms with Crippen LogP contribution in [0.5, 0.6) is 0 Å². The number of nitrogens with one attached hydrogen (secondary N) is 6. The third-order valence-electron chi connectivity index (χ3n) is 11.9. The number of hydrogen-bond donors (Lipinski definition) is 8. The Bertz CT molecular complexity index is 2010. The third-order valence-corrected chi connectivity index (χ3v) is 11.9. The van der Waals surface area contributed by atoms with Crippen LogP contribution in [0.15, 0.2) is 36.4 Å². The number of amides is 4. The van der Waals surface area contributed by atoms with Crippen LogP contribution >= 0.6 is 0 Å². The van der Waals surface area contributed by atoms with Gasteiger partial charge in [-0.15, -0.1) is 0 Å². The monoisotopic (exact) mass is 806 g/mol. The van der Waals surface area contributed by atoms with E-state index in [0.29, 0.717) is 46.0 Å². The van der Waals surface area contributed by atoms with Gasteiger partial charge in [-0.25, -0.2) is 8.78 Å². The number of nitrogens with zero attached hydrogens (tertiary/aromatic N) is 2. The van der Waals surface area contributed by atoms with Crippen molar-refractivity contribution in [3.63, 3.8) is 0 Å². The van der Waals surface area contributed by atoms with Crippen LogP contribution in [0, 0.1) is 11.6 Å². The summed E-state index contributed by atoms with van der Waals surface area (Å²) in [6.07, 6.45) is 0.0738. The molecule has 16 heteroatoms. The number of halogens is 2. The lowest BCUT2D eigenvalue weighted by atomic mass is 9.94. The largest absolute Gasteiger partial charge is 0.391 e. The van der Waals surface area contributed by atoms with Crippen LogP contribution in [0.4, 0.5) is 8.78 Å². The molecule has 8 atom stereocenters. The standard InChI is InChI=1S/C42H56F2N8O6/c1-7-33(49-39(55)21(3)45-5)41(57)51-19-27(53)15-25(51)17-31-29-11-9-23(43)13-35(29)47-37(31)38-32(30-12-10-24(44)14-36(30)48-38)18-26-16-28(54)20-52(26)42(58)34(8-2)50-40(56)22(4)46-6/h9-14,21-22,25-28,33-34,45-48,53-54H,7-8,15-20H2,1-6H3,(H,49,55)(H,50,56)/t21-,22-,25+,26+,27-,28-,33-,34+/m0/s1. The number of aliphatic hydroxyl groups excluding tert-OH is 2. The summed E-state index contributed by atoms with van der Waals surface area (Å²) in [4.78, 5) is 63.7. The number of aliphatic hydroxyl groups is 2. The Balaban J connectivity index is 1.40. The molecule has 0 radical (unpaired) electrons. The first-order valence-corrected chi connectivity index (χ1v) is 20.2. The van der Waals surface area contributed by atoms with Gasteiger partial charge in [0.2, 0.25) is 23.6 Å². The number of likely N-dealkylation sites (tertiary alicyclic amines) is 2. The van der Waals surface area contributed by atoms with Gasteiger partial charge in [-0.05, 0) is 114 Å². The van der Waals surface area contributed by atoms with Gasteiger partial charge >= 0.3 is 0 Å². The molecule has 14 nitrogen and oxygen atoms in total. The molecule has 2 aromatic heterocycles. The summed E-state index contributed by atoms with van der Waals surface area (Å²) >= 11 is 0. The molecular formula is C42H56F2N8O6. The number of hydrogen-bond acceptors (Lipinski definition) is 8. The van der Waals surface area contributed by atoms with E-state index in [1.807, 2.05) is 13.8 Å². The molecule has 0 spiro atoms. The molecule has 2 saturated heterocycles. The maximum absolute atomic E-state index is 14.8. The number of fused-ring (bicyclic) bond motifs is 2. The molecule has 0 unspecified atom stereocenters. The van der Waals surface area contributed by atoms with Gasteiger partial charge in [-0.2, -0.15) is 0 Å². The van der Waals surface area contributed by atoms with Crippen molar-refractivity contribution in [2.45, 2.75) is 115 Å². The molecular weight excluding hydrogens is 751 g/mol. The Morgan fingerprint density at radius 2 is 1.09 bits per heavy atom. The predicted molar refractivity (Wildman–Crippen MR) is 217 cm³/mol. The molecule has 2 aromatic carbocycles. The number of carbonyl (C=O) groups is 4. The van der Waals surface area contributed by atoms with Gasteiger partial charge in [-0.3, -0.25) is 19.2 Å². The van der Waals surface area contributed by atoms with Gasteiger partial charge in [0, 0.05) is 47.0 Å². The summed E-state index contributed by atoms with van der Waals surface area (Å²) in [5.74, 6) is -2.21. The van der Waals surface area contributed by atoms with Gasteiger partial charge in [0.25, 0.3) is 0 Å². The minimum Gasteiger partial charge on any atom is -0.391 e. The van der Waals surface area contributed by atoms with Crippen molar-refractivity contribution in [2.75, 3.05) is 27.2 Å². The summed E-state index contributed by atoms with van der Waals surface area (Å²) in [7, 11) is 3.31. The average molecular weight is 807 g/mol. The molecule has 0 bridgehead atoms. The zero-order valence-electron chi connectivity index (χ0n) is 33.9. The van der Waals surface area contributed by atoms with Crippen LogP contribution in [-0.2, 0) is 32.0 Å². The Kier molecular flexibility index (Phi) is 13.2. The van der Waals surface area contributed by atoms with E-state index < -0.39 is 60.1 Å². The lowest BCUT2D eigenvalue weighted by Crippen LogP contribution is -2.53. The summed E-state index contributed by atoms with van der Waals surface area (Å²) in [5, 5.41) is 34.7. The van der Waals surface area contributed by atoms with E-state index in [0.717, 1.165) is 11.1 Å². The quantitative estimate of drug-likeness (QED) is 0.0899. The van der Waals surface area contributed by atoms with Crippen molar-refractivity contribution in [3.8, 4) is 11.4 Å². The van der Waals surface area contributed by atoms with Crippen molar-refractivity contribution < 1.29 is 38.2 Å². The number of β-amino-alcohol motifs (C(OH)–C–C–N with tert-alkyl or cyclic N) is 2. The molecule has 4 heterocycles. The topological polar surface area (TPSA) is 195 Å². The van der Waals surface area contributed by atoms with Crippen LogP contribution in [-0.4, -0.2) is 129 Å². The van der Waals surface area contributed by atoms with Gasteiger partial charge in [0.1, 0.15) is 23.7 Å². The minimum atomic E-state index is -0.817. The highest BCUT2D eigenvalue weighted by Gasteiger charge is 2.41. The Morgan fingerprint density at radius 3 is 1.43 bits per heavy atom. The van der Waals surface area contributed by atoms with Crippen molar-refractivity contribution in [1.82, 2.24) is 41.0 Å². The zero-order chi connectivity index (χ0) is 42.0. The molecule has 58 heavy (non-hydrogen) atoms. The Labute approximate surface area is 336 Å². The van der Waals surface area contributed by atoms with Crippen LogP contribution in [0.1, 0.15) is 64.5 Å². The number of carbonyl (C=O) groups excluding carboxylic acids is 4. The van der Waals surface area contributed by atoms with Gasteiger partial charge < -0.3 is 51.2 Å². The SMILES string of the molecule is CC[C@H](NC(=O)[C@H](C)NC)C(=O)N1C[C@@H](O)C[C@@H]1Cc1c(-c2[nH]c3cc(F)ccc3c2C[C@H]2C[C@H](O)CN2C(=O)[C@@H](CC)NC(=O)[C@H](C)NC)[nH]c2cc(F)ccc12. The molecule has 0 saturated carbocycles. The maximum Gasteiger partial charge on any atom is 0.245 e. The lowest BCUT2D eigenvalue weighted by Gasteiger charge is -2.30. The van der Waals surface area contributed by atoms with E-state index in [1.54, 1.807) is 49.9 Å². The fourth-order valence-electron chi connectivity index (χ4n) is 8.42. The van der Waals surface area contributed by atoms with E-state index in [-0.39, 0.29) is 62.4 Å². The van der Waals surface area contributed by atoms with E-state index >= 15 is 0 Å². The van der Waals surface area contributed by atoms with E-state index in [4.69, 9.17) is 0 Å². The molecule has 2 fully saturated rings. The highest BCUT2D eigenvalue weighted by atomic mass is 19.1. The fourth-order valence-corrected chi connectivity index (χ4v) is 8.42. The third kappa shape index (κ3) is 8.75. The number of rotatable bonds is 15. The van der Waals surface area contributed by atoms with Crippen molar-refractivity contribution in [1.29, 1.82) is 0 Å². The zero-order valence-corrected chi connectivity index (χ0v) is 33.9. The second-order valence-electron chi connectivity index (χ2n) is 15.8. The van der Waals surface area contributed by atoms with Crippen LogP contribution < -0.4 is 21.3 Å². The van der Waals surface area contributed by atoms with E-state index in [1.165, 1.54) is 24.3 Å². The summed E-state index contributed by atoms with van der Waals surface area (Å²) in [6.45, 7) is 7.15. The minimum absolute atomic E-state index is 0.0711. The number of likely N-dealkylation sites (N-methyl/N-ethyl adjacent to an activating group) is 2. The molecule has 2 aliphatic rings. The number of aromatic amines is 2. The maximum atomic E-state index is 14.8.